The summed E-state index contributed by atoms with van der Waals surface area (Å²) in [7, 11) is 0. The first-order chi connectivity index (χ1) is 13.2. The van der Waals surface area contributed by atoms with E-state index in [9.17, 15) is 9.18 Å². The number of hydrogen-bond acceptors (Lipinski definition) is 3. The van der Waals surface area contributed by atoms with Crippen LogP contribution < -0.4 is 5.43 Å². The van der Waals surface area contributed by atoms with Gasteiger partial charge >= 0.3 is 0 Å². The Bertz CT molecular complexity index is 973. The second-order valence-corrected chi connectivity index (χ2v) is 7.27. The molecule has 5 heteroatoms. The van der Waals surface area contributed by atoms with Crippen LogP contribution in [0.3, 0.4) is 0 Å². The summed E-state index contributed by atoms with van der Waals surface area (Å²) in [4.78, 5) is 12.2. The van der Waals surface area contributed by atoms with E-state index in [1.807, 2.05) is 24.3 Å². The third-order valence-corrected chi connectivity index (χ3v) is 5.73. The van der Waals surface area contributed by atoms with Crippen molar-refractivity contribution >= 4 is 23.9 Å². The monoisotopic (exact) mass is 376 g/mol. The highest BCUT2D eigenvalue weighted by atomic mass is 32.2. The number of amides is 1. The smallest absolute Gasteiger partial charge is 0.250 e. The molecule has 0 bridgehead atoms. The zero-order chi connectivity index (χ0) is 18.6. The van der Waals surface area contributed by atoms with E-state index in [0.717, 1.165) is 0 Å². The fraction of sp³-hybridized carbons (Fsp3) is 0.0909. The number of carbonyl (C=O) groups is 1. The molecule has 0 spiro atoms. The van der Waals surface area contributed by atoms with Gasteiger partial charge in [-0.2, -0.15) is 5.10 Å². The van der Waals surface area contributed by atoms with Crippen LogP contribution in [-0.2, 0) is 4.79 Å². The number of hydrazone groups is 1. The van der Waals surface area contributed by atoms with Crippen LogP contribution in [0.25, 0.3) is 11.1 Å². The van der Waals surface area contributed by atoms with Gasteiger partial charge in [0.05, 0.1) is 17.2 Å². The average molecular weight is 376 g/mol. The molecule has 134 valence electrons. The van der Waals surface area contributed by atoms with E-state index in [1.165, 1.54) is 34.5 Å². The van der Waals surface area contributed by atoms with E-state index in [2.05, 4.69) is 34.8 Å². The van der Waals surface area contributed by atoms with Crippen LogP contribution in [0, 0.1) is 5.82 Å². The first kappa shape index (κ1) is 17.5. The summed E-state index contributed by atoms with van der Waals surface area (Å²) in [6.45, 7) is 0. The molecule has 0 radical (unpaired) electrons. The largest absolute Gasteiger partial charge is 0.272 e. The Morgan fingerprint density at radius 1 is 0.963 bits per heavy atom. The van der Waals surface area contributed by atoms with Crippen molar-refractivity contribution in [3.05, 3.63) is 95.3 Å². The van der Waals surface area contributed by atoms with Crippen LogP contribution in [0.15, 0.2) is 77.9 Å². The minimum absolute atomic E-state index is 0.124. The third kappa shape index (κ3) is 3.64. The van der Waals surface area contributed by atoms with Crippen molar-refractivity contribution in [3.63, 3.8) is 0 Å². The molecule has 0 aliphatic heterocycles. The normalized spacial score (nSPS) is 12.8. The summed E-state index contributed by atoms with van der Waals surface area (Å²) in [6.07, 6.45) is 1.32. The molecule has 1 amide bonds. The van der Waals surface area contributed by atoms with E-state index in [-0.39, 0.29) is 22.7 Å². The molecule has 3 aromatic rings. The van der Waals surface area contributed by atoms with Gasteiger partial charge in [-0.15, -0.1) is 11.8 Å². The number of hydrogen-bond donors (Lipinski definition) is 1. The van der Waals surface area contributed by atoms with Crippen molar-refractivity contribution < 1.29 is 9.18 Å². The van der Waals surface area contributed by atoms with Gasteiger partial charge in [0.25, 0.3) is 0 Å². The van der Waals surface area contributed by atoms with Crippen LogP contribution in [0.4, 0.5) is 4.39 Å². The summed E-state index contributed by atoms with van der Waals surface area (Å²) < 4.78 is 13.5. The maximum Gasteiger partial charge on any atom is 0.250 e. The van der Waals surface area contributed by atoms with Crippen LogP contribution in [-0.4, -0.2) is 17.9 Å². The quantitative estimate of drug-likeness (QED) is 0.514. The second kappa shape index (κ2) is 7.76. The molecule has 3 aromatic carbocycles. The summed E-state index contributed by atoms with van der Waals surface area (Å²) in [5, 5.41) is 3.98. The van der Waals surface area contributed by atoms with Gasteiger partial charge in [-0.05, 0) is 28.3 Å². The molecule has 4 rings (SSSR count). The van der Waals surface area contributed by atoms with Crippen molar-refractivity contribution in [3.8, 4) is 11.1 Å². The van der Waals surface area contributed by atoms with Gasteiger partial charge in [-0.25, -0.2) is 9.82 Å². The van der Waals surface area contributed by atoms with Crippen molar-refractivity contribution in [1.82, 2.24) is 5.43 Å². The van der Waals surface area contributed by atoms with Crippen molar-refractivity contribution in [2.45, 2.75) is 5.25 Å². The number of nitrogens with one attached hydrogen (secondary N) is 1. The maximum absolute atomic E-state index is 13.5. The van der Waals surface area contributed by atoms with Gasteiger partial charge in [-0.3, -0.25) is 4.79 Å². The molecule has 3 nitrogen and oxygen atoms in total. The highest BCUT2D eigenvalue weighted by molar-refractivity contribution is 8.00. The lowest BCUT2D eigenvalue weighted by Gasteiger charge is -2.12. The zero-order valence-corrected chi connectivity index (χ0v) is 15.2. The van der Waals surface area contributed by atoms with Gasteiger partial charge < -0.3 is 0 Å². The van der Waals surface area contributed by atoms with Crippen LogP contribution >= 0.6 is 11.8 Å². The predicted octanol–water partition coefficient (Wildman–Crippen LogP) is 4.78. The topological polar surface area (TPSA) is 41.5 Å². The van der Waals surface area contributed by atoms with Crippen LogP contribution in [0.2, 0.25) is 0 Å². The molecule has 1 aliphatic rings. The Balaban J connectivity index is 1.42. The third-order valence-electron chi connectivity index (χ3n) is 4.46. The fourth-order valence-electron chi connectivity index (χ4n) is 3.23. The van der Waals surface area contributed by atoms with Gasteiger partial charge in [0.2, 0.25) is 5.91 Å². The van der Waals surface area contributed by atoms with Crippen LogP contribution in [0.5, 0.6) is 0 Å². The van der Waals surface area contributed by atoms with E-state index in [4.69, 9.17) is 0 Å². The van der Waals surface area contributed by atoms with Crippen LogP contribution in [0.1, 0.15) is 21.9 Å². The average Bonchev–Trinajstić information content (AvgIpc) is 3.02. The highest BCUT2D eigenvalue weighted by Crippen LogP contribution is 2.49. The molecule has 0 saturated carbocycles. The molecule has 27 heavy (non-hydrogen) atoms. The number of thioether (sulfide) groups is 1. The number of rotatable bonds is 5. The molecule has 0 fully saturated rings. The standard InChI is InChI=1S/C22H17FN2OS/c23-20-12-6-1-7-15(20)13-24-25-21(26)14-27-22-18-10-4-2-8-16(18)17-9-3-5-11-19(17)22/h1-13,22H,14H2,(H,25,26)/b24-13+. The first-order valence-corrected chi connectivity index (χ1v) is 9.65. The minimum atomic E-state index is -0.371. The predicted molar refractivity (Wildman–Crippen MR) is 108 cm³/mol. The lowest BCUT2D eigenvalue weighted by atomic mass is 10.1. The number of fused-ring (bicyclic) bond motifs is 3. The lowest BCUT2D eigenvalue weighted by Crippen LogP contribution is -2.20. The number of carbonyl (C=O) groups excluding carboxylic acids is 1. The molecule has 0 atom stereocenters. The summed E-state index contributed by atoms with van der Waals surface area (Å²) in [5.74, 6) is -0.319. The Kier molecular flexibility index (Phi) is 5.03. The van der Waals surface area contributed by atoms with E-state index in [1.54, 1.807) is 30.0 Å². The van der Waals surface area contributed by atoms with Crippen molar-refractivity contribution in [2.75, 3.05) is 5.75 Å². The summed E-state index contributed by atoms with van der Waals surface area (Å²) >= 11 is 1.57. The first-order valence-electron chi connectivity index (χ1n) is 8.60. The Morgan fingerprint density at radius 2 is 1.56 bits per heavy atom. The zero-order valence-electron chi connectivity index (χ0n) is 14.4. The summed E-state index contributed by atoms with van der Waals surface area (Å²) in [5.41, 5.74) is 7.72. The van der Waals surface area contributed by atoms with E-state index >= 15 is 0 Å². The minimum Gasteiger partial charge on any atom is -0.272 e. The second-order valence-electron chi connectivity index (χ2n) is 6.18. The fourth-order valence-corrected chi connectivity index (χ4v) is 4.39. The number of benzene rings is 3. The van der Waals surface area contributed by atoms with Gasteiger partial charge in [0.15, 0.2) is 0 Å². The molecular weight excluding hydrogens is 359 g/mol. The molecule has 1 N–H and O–H groups in total. The molecule has 0 saturated heterocycles. The van der Waals surface area contributed by atoms with E-state index < -0.39 is 0 Å². The van der Waals surface area contributed by atoms with Crippen molar-refractivity contribution in [2.24, 2.45) is 5.10 Å². The maximum atomic E-state index is 13.5. The lowest BCUT2D eigenvalue weighted by molar-refractivity contribution is -0.118. The number of nitrogens with zero attached hydrogens (tertiary/aromatic N) is 1. The molecule has 1 aliphatic carbocycles. The van der Waals surface area contributed by atoms with Crippen molar-refractivity contribution in [1.29, 1.82) is 0 Å². The Labute approximate surface area is 161 Å². The molecule has 0 unspecified atom stereocenters. The van der Waals surface area contributed by atoms with E-state index in [0.29, 0.717) is 5.56 Å². The molecular formula is C22H17FN2OS. The van der Waals surface area contributed by atoms with Gasteiger partial charge in [-0.1, -0.05) is 66.7 Å². The number of halogens is 1. The molecule has 0 aromatic heterocycles. The van der Waals surface area contributed by atoms with Gasteiger partial charge in [0.1, 0.15) is 5.82 Å². The Hall–Kier alpha value is -2.92. The molecule has 0 heterocycles. The SMILES string of the molecule is O=C(CSC1c2ccccc2-c2ccccc21)N/N=C/c1ccccc1F. The van der Waals surface area contributed by atoms with Gasteiger partial charge in [0, 0.05) is 5.56 Å². The summed E-state index contributed by atoms with van der Waals surface area (Å²) in [6, 6.07) is 22.9. The Morgan fingerprint density at radius 3 is 2.22 bits per heavy atom. The highest BCUT2D eigenvalue weighted by Gasteiger charge is 2.28.